The van der Waals surface area contributed by atoms with Crippen LogP contribution in [0.25, 0.3) is 0 Å². The fraction of sp³-hybridized carbons (Fsp3) is 0.259. The number of carbonyl (C=O) groups is 2. The highest BCUT2D eigenvalue weighted by molar-refractivity contribution is 7.92. The normalized spacial score (nSPS) is 15.0. The molecule has 0 unspecified atom stereocenters. The Morgan fingerprint density at radius 2 is 1.54 bits per heavy atom. The summed E-state index contributed by atoms with van der Waals surface area (Å²) in [6, 6.07) is 16.8. The number of amides is 1. The summed E-state index contributed by atoms with van der Waals surface area (Å²) in [4.78, 5) is 25.4. The number of hydrogen-bond acceptors (Lipinski definition) is 5. The summed E-state index contributed by atoms with van der Waals surface area (Å²) < 4.78 is 42.4. The van der Waals surface area contributed by atoms with Gasteiger partial charge in [0.2, 0.25) is 10.0 Å². The minimum Gasteiger partial charge on any atom is -0.480 e. The number of benzene rings is 3. The summed E-state index contributed by atoms with van der Waals surface area (Å²) in [7, 11) is -3.84. The van der Waals surface area contributed by atoms with Gasteiger partial charge in [-0.15, -0.1) is 0 Å². The van der Waals surface area contributed by atoms with E-state index in [1.165, 1.54) is 13.0 Å². The summed E-state index contributed by atoms with van der Waals surface area (Å²) >= 11 is 12.1. The summed E-state index contributed by atoms with van der Waals surface area (Å²) in [5.74, 6) is -3.49. The fourth-order valence-electron chi connectivity index (χ4n) is 4.46. The third kappa shape index (κ3) is 7.27. The summed E-state index contributed by atoms with van der Waals surface area (Å²) in [5, 5.41) is 12.3. The Morgan fingerprint density at radius 3 is 2.05 bits per heavy atom. The van der Waals surface area contributed by atoms with Crippen LogP contribution in [0, 0.1) is 11.7 Å². The van der Waals surface area contributed by atoms with Crippen LogP contribution in [0.1, 0.15) is 34.5 Å². The van der Waals surface area contributed by atoms with Gasteiger partial charge < -0.3 is 10.4 Å². The minimum atomic E-state index is -3.84. The topological polar surface area (TPSA) is 116 Å². The average Bonchev–Trinajstić information content (AvgIpc) is 2.85. The number of aliphatic carboxylic acids is 1. The van der Waals surface area contributed by atoms with Crippen molar-refractivity contribution >= 4 is 50.8 Å². The Hall–Kier alpha value is -3.18. The molecule has 0 bridgehead atoms. The molecule has 1 atom stereocenters. The molecule has 8 nitrogen and oxygen atoms in total. The molecule has 0 aliphatic carbocycles. The molecule has 39 heavy (non-hydrogen) atoms. The van der Waals surface area contributed by atoms with Gasteiger partial charge in [-0.2, -0.15) is 0 Å². The van der Waals surface area contributed by atoms with Gasteiger partial charge in [0.1, 0.15) is 11.9 Å². The molecule has 206 valence electrons. The van der Waals surface area contributed by atoms with E-state index in [1.54, 1.807) is 0 Å². The van der Waals surface area contributed by atoms with Gasteiger partial charge in [-0.1, -0.05) is 47.5 Å². The number of likely N-dealkylation sites (tertiary alicyclic amines) is 1. The lowest BCUT2D eigenvalue weighted by Crippen LogP contribution is -2.51. The third-order valence-corrected chi connectivity index (χ3v) is 8.34. The van der Waals surface area contributed by atoms with Crippen molar-refractivity contribution in [1.29, 1.82) is 0 Å². The number of hydrogen-bond donors (Lipinski definition) is 3. The number of carboxylic acid groups (broad SMARTS) is 1. The van der Waals surface area contributed by atoms with E-state index in [9.17, 15) is 22.4 Å². The summed E-state index contributed by atoms with van der Waals surface area (Å²) in [6.07, 6.45) is 0. The van der Waals surface area contributed by atoms with Gasteiger partial charge >= 0.3 is 5.97 Å². The standard InChI is InChI=1S/C27H26Cl2FN3O5S/c1-16(27(35)36)31-26(34)23-12-22(10-11-24(23)30)32-39(37,38)15-17-13-33(14-17)25(18-2-6-20(28)7-3-18)19-4-8-21(29)9-5-19/h2-12,16-17,25,32H,13-15H2,1H3,(H,31,34)(H,35,36)/t16-/m0/s1. The van der Waals surface area contributed by atoms with Crippen LogP contribution in [0.3, 0.4) is 0 Å². The highest BCUT2D eigenvalue weighted by Crippen LogP contribution is 2.36. The maximum absolute atomic E-state index is 14.2. The number of carboxylic acids is 1. The van der Waals surface area contributed by atoms with Crippen LogP contribution in [0.2, 0.25) is 10.0 Å². The molecule has 4 rings (SSSR count). The smallest absolute Gasteiger partial charge is 0.325 e. The summed E-state index contributed by atoms with van der Waals surface area (Å²) in [6.45, 7) is 2.26. The van der Waals surface area contributed by atoms with Crippen molar-refractivity contribution in [3.63, 3.8) is 0 Å². The lowest BCUT2D eigenvalue weighted by Gasteiger charge is -2.44. The molecule has 1 aliphatic heterocycles. The van der Waals surface area contributed by atoms with Crippen molar-refractivity contribution < 1.29 is 27.5 Å². The van der Waals surface area contributed by atoms with Crippen molar-refractivity contribution in [3.05, 3.63) is 99.3 Å². The predicted molar refractivity (Wildman–Crippen MR) is 148 cm³/mol. The van der Waals surface area contributed by atoms with E-state index in [2.05, 4.69) is 14.9 Å². The molecule has 3 aromatic carbocycles. The Balaban J connectivity index is 1.43. The maximum Gasteiger partial charge on any atom is 0.325 e. The minimum absolute atomic E-state index is 0.000845. The van der Waals surface area contributed by atoms with Gasteiger partial charge in [0.05, 0.1) is 17.4 Å². The van der Waals surface area contributed by atoms with Crippen LogP contribution in [0.5, 0.6) is 0 Å². The highest BCUT2D eigenvalue weighted by Gasteiger charge is 2.36. The first-order chi connectivity index (χ1) is 18.4. The van der Waals surface area contributed by atoms with Crippen molar-refractivity contribution in [3.8, 4) is 0 Å². The first-order valence-corrected chi connectivity index (χ1v) is 14.4. The van der Waals surface area contributed by atoms with Crippen LogP contribution in [-0.4, -0.2) is 55.2 Å². The van der Waals surface area contributed by atoms with Crippen LogP contribution >= 0.6 is 23.2 Å². The predicted octanol–water partition coefficient (Wildman–Crippen LogP) is 4.80. The lowest BCUT2D eigenvalue weighted by atomic mass is 9.91. The van der Waals surface area contributed by atoms with Gasteiger partial charge in [0.15, 0.2) is 0 Å². The molecule has 0 aromatic heterocycles. The first-order valence-electron chi connectivity index (χ1n) is 12.0. The highest BCUT2D eigenvalue weighted by atomic mass is 35.5. The number of nitrogens with one attached hydrogen (secondary N) is 2. The Labute approximate surface area is 235 Å². The monoisotopic (exact) mass is 593 g/mol. The van der Waals surface area contributed by atoms with Crippen molar-refractivity contribution in [2.45, 2.75) is 19.0 Å². The van der Waals surface area contributed by atoms with Gasteiger partial charge in [-0.25, -0.2) is 12.8 Å². The Kier molecular flexibility index (Phi) is 8.80. The van der Waals surface area contributed by atoms with Crippen molar-refractivity contribution in [2.75, 3.05) is 23.6 Å². The number of nitrogens with zero attached hydrogens (tertiary/aromatic N) is 1. The molecule has 3 N–H and O–H groups in total. The fourth-order valence-corrected chi connectivity index (χ4v) is 6.11. The van der Waals surface area contributed by atoms with Crippen LogP contribution < -0.4 is 10.0 Å². The summed E-state index contributed by atoms with van der Waals surface area (Å²) in [5.41, 5.74) is 1.55. The van der Waals surface area contributed by atoms with Crippen LogP contribution in [0.15, 0.2) is 66.7 Å². The second-order valence-corrected chi connectivity index (χ2v) is 12.1. The lowest BCUT2D eigenvalue weighted by molar-refractivity contribution is -0.138. The van der Waals surface area contributed by atoms with E-state index in [0.717, 1.165) is 23.3 Å². The van der Waals surface area contributed by atoms with E-state index >= 15 is 0 Å². The van der Waals surface area contributed by atoms with Gasteiger partial charge in [0, 0.05) is 34.7 Å². The molecule has 12 heteroatoms. The first kappa shape index (κ1) is 28.8. The molecular formula is C27H26Cl2FN3O5S. The zero-order valence-corrected chi connectivity index (χ0v) is 23.1. The van der Waals surface area contributed by atoms with E-state index in [1.807, 2.05) is 48.5 Å². The van der Waals surface area contributed by atoms with Crippen molar-refractivity contribution in [1.82, 2.24) is 10.2 Å². The van der Waals surface area contributed by atoms with Gasteiger partial charge in [-0.05, 0) is 60.5 Å². The number of anilines is 1. The molecule has 1 amide bonds. The molecule has 1 saturated heterocycles. The molecule has 1 heterocycles. The number of halogens is 3. The number of carbonyl (C=O) groups excluding carboxylic acids is 1. The number of sulfonamides is 1. The van der Waals surface area contributed by atoms with Crippen LogP contribution in [0.4, 0.5) is 10.1 Å². The zero-order chi connectivity index (χ0) is 28.3. The van der Waals surface area contributed by atoms with E-state index in [4.69, 9.17) is 28.3 Å². The zero-order valence-electron chi connectivity index (χ0n) is 20.8. The van der Waals surface area contributed by atoms with E-state index in [-0.39, 0.29) is 23.4 Å². The molecule has 1 aliphatic rings. The Morgan fingerprint density at radius 1 is 1.00 bits per heavy atom. The SMILES string of the molecule is C[C@H](NC(=O)c1cc(NS(=O)(=O)CC2CN(C(c3ccc(Cl)cc3)c3ccc(Cl)cc3)C2)ccc1F)C(=O)O. The number of rotatable bonds is 10. The average molecular weight is 594 g/mol. The second-order valence-electron chi connectivity index (χ2n) is 9.44. The van der Waals surface area contributed by atoms with Crippen LogP contribution in [-0.2, 0) is 14.8 Å². The largest absolute Gasteiger partial charge is 0.480 e. The Bertz CT molecular complexity index is 1420. The van der Waals surface area contributed by atoms with E-state index in [0.29, 0.717) is 23.1 Å². The van der Waals surface area contributed by atoms with Crippen molar-refractivity contribution in [2.24, 2.45) is 5.92 Å². The molecular weight excluding hydrogens is 568 g/mol. The van der Waals surface area contributed by atoms with Gasteiger partial charge in [0.25, 0.3) is 5.91 Å². The molecule has 0 spiro atoms. The third-order valence-electron chi connectivity index (χ3n) is 6.38. The molecule has 1 fully saturated rings. The quantitative estimate of drug-likeness (QED) is 0.311. The van der Waals surface area contributed by atoms with Gasteiger partial charge in [-0.3, -0.25) is 19.2 Å². The maximum atomic E-state index is 14.2. The second kappa shape index (κ2) is 11.9. The molecule has 0 radical (unpaired) electrons. The van der Waals surface area contributed by atoms with E-state index < -0.39 is 39.3 Å². The molecule has 0 saturated carbocycles. The molecule has 3 aromatic rings.